The maximum Gasteiger partial charge on any atom is 0.311 e. The van der Waals surface area contributed by atoms with Gasteiger partial charge in [-0.1, -0.05) is 77.4 Å². The van der Waals surface area contributed by atoms with Gasteiger partial charge in [0.1, 0.15) is 0 Å². The summed E-state index contributed by atoms with van der Waals surface area (Å²) in [7, 11) is 0. The lowest BCUT2D eigenvalue weighted by Crippen LogP contribution is -2.53. The zero-order chi connectivity index (χ0) is 18.1. The van der Waals surface area contributed by atoms with Crippen LogP contribution in [-0.4, -0.2) is 22.2 Å². The van der Waals surface area contributed by atoms with Crippen molar-refractivity contribution in [3.8, 4) is 0 Å². The van der Waals surface area contributed by atoms with Crippen LogP contribution in [0.2, 0.25) is 0 Å². The van der Waals surface area contributed by atoms with Crippen LogP contribution in [0.3, 0.4) is 0 Å². The van der Waals surface area contributed by atoms with Gasteiger partial charge in [-0.25, -0.2) is 0 Å². The highest BCUT2D eigenvalue weighted by molar-refractivity contribution is 5.87. The first-order valence-corrected chi connectivity index (χ1v) is 9.58. The van der Waals surface area contributed by atoms with Crippen molar-refractivity contribution in [3.63, 3.8) is 0 Å². The third kappa shape index (κ3) is 4.40. The molecule has 2 N–H and O–H groups in total. The summed E-state index contributed by atoms with van der Waals surface area (Å²) in [5.41, 5.74) is -2.33. The van der Waals surface area contributed by atoms with Gasteiger partial charge in [0, 0.05) is 0 Å². The lowest BCUT2D eigenvalue weighted by Gasteiger charge is -2.46. The minimum atomic E-state index is -1.17. The van der Waals surface area contributed by atoms with E-state index in [1.165, 1.54) is 32.1 Å². The molecule has 0 saturated heterocycles. The van der Waals surface area contributed by atoms with Gasteiger partial charge in [-0.2, -0.15) is 0 Å². The van der Waals surface area contributed by atoms with Crippen molar-refractivity contribution in [1.82, 2.24) is 0 Å². The molecular formula is C20H34O4. The highest BCUT2D eigenvalue weighted by Crippen LogP contribution is 2.54. The Morgan fingerprint density at radius 1 is 0.792 bits per heavy atom. The minimum Gasteiger partial charge on any atom is -0.481 e. The molecule has 1 aliphatic carbocycles. The molecule has 0 radical (unpaired) electrons. The van der Waals surface area contributed by atoms with Crippen LogP contribution >= 0.6 is 0 Å². The smallest absolute Gasteiger partial charge is 0.311 e. The van der Waals surface area contributed by atoms with Crippen molar-refractivity contribution in [3.05, 3.63) is 12.2 Å². The van der Waals surface area contributed by atoms with Crippen LogP contribution in [0.4, 0.5) is 0 Å². The number of carboxylic acids is 2. The van der Waals surface area contributed by atoms with E-state index in [4.69, 9.17) is 0 Å². The number of hydrogen-bond donors (Lipinski definition) is 2. The van der Waals surface area contributed by atoms with Crippen LogP contribution in [-0.2, 0) is 9.59 Å². The van der Waals surface area contributed by atoms with Gasteiger partial charge in [-0.15, -0.1) is 0 Å². The second-order valence-electron chi connectivity index (χ2n) is 7.23. The van der Waals surface area contributed by atoms with E-state index in [9.17, 15) is 19.8 Å². The number of aliphatic carboxylic acids is 2. The van der Waals surface area contributed by atoms with Crippen LogP contribution in [0.5, 0.6) is 0 Å². The van der Waals surface area contributed by atoms with Gasteiger partial charge >= 0.3 is 11.9 Å². The highest BCUT2D eigenvalue weighted by atomic mass is 16.4. The molecule has 2 unspecified atom stereocenters. The van der Waals surface area contributed by atoms with Crippen LogP contribution in [0.25, 0.3) is 0 Å². The van der Waals surface area contributed by atoms with Gasteiger partial charge in [0.05, 0.1) is 10.8 Å². The fourth-order valence-electron chi connectivity index (χ4n) is 4.19. The zero-order valence-corrected chi connectivity index (χ0v) is 15.4. The van der Waals surface area contributed by atoms with E-state index in [1.54, 1.807) is 6.92 Å². The maximum atomic E-state index is 12.1. The molecular weight excluding hydrogens is 304 g/mol. The van der Waals surface area contributed by atoms with Crippen molar-refractivity contribution in [2.45, 2.75) is 90.9 Å². The molecule has 24 heavy (non-hydrogen) atoms. The number of carbonyl (C=O) groups is 2. The Bertz CT molecular complexity index is 443. The topological polar surface area (TPSA) is 74.6 Å². The fourth-order valence-corrected chi connectivity index (χ4v) is 4.19. The highest BCUT2D eigenvalue weighted by Gasteiger charge is 2.59. The molecule has 0 amide bonds. The van der Waals surface area contributed by atoms with Crippen LogP contribution in [0, 0.1) is 10.8 Å². The van der Waals surface area contributed by atoms with Gasteiger partial charge in [-0.05, 0) is 25.7 Å². The minimum absolute atomic E-state index is 0.322. The summed E-state index contributed by atoms with van der Waals surface area (Å²) in [4.78, 5) is 24.1. The van der Waals surface area contributed by atoms with Crippen molar-refractivity contribution < 1.29 is 19.8 Å². The van der Waals surface area contributed by atoms with E-state index in [1.807, 2.05) is 12.2 Å². The van der Waals surface area contributed by atoms with Gasteiger partial charge in [0.2, 0.25) is 0 Å². The van der Waals surface area contributed by atoms with Gasteiger partial charge in [0.25, 0.3) is 0 Å². The quantitative estimate of drug-likeness (QED) is 0.368. The number of rotatable bonds is 12. The zero-order valence-electron chi connectivity index (χ0n) is 15.4. The first kappa shape index (κ1) is 20.7. The van der Waals surface area contributed by atoms with E-state index in [-0.39, 0.29) is 0 Å². The molecule has 0 aliphatic heterocycles. The first-order valence-electron chi connectivity index (χ1n) is 9.58. The molecule has 1 aliphatic rings. The second-order valence-corrected chi connectivity index (χ2v) is 7.23. The van der Waals surface area contributed by atoms with E-state index in [0.29, 0.717) is 25.7 Å². The molecule has 0 bridgehead atoms. The van der Waals surface area contributed by atoms with Crippen molar-refractivity contribution in [2.24, 2.45) is 10.8 Å². The summed E-state index contributed by atoms with van der Waals surface area (Å²) in [6.45, 7) is 4.01. The lowest BCUT2D eigenvalue weighted by molar-refractivity contribution is -0.176. The fraction of sp³-hybridized carbons (Fsp3) is 0.800. The van der Waals surface area contributed by atoms with E-state index < -0.39 is 22.8 Å². The Morgan fingerprint density at radius 3 is 1.71 bits per heavy atom. The van der Waals surface area contributed by atoms with E-state index in [2.05, 4.69) is 6.92 Å². The van der Waals surface area contributed by atoms with Crippen molar-refractivity contribution >= 4 is 11.9 Å². The molecule has 0 saturated carbocycles. The average molecular weight is 338 g/mol. The molecule has 0 aromatic carbocycles. The number of allylic oxidation sites excluding steroid dienone is 2. The molecule has 4 nitrogen and oxygen atoms in total. The summed E-state index contributed by atoms with van der Waals surface area (Å²) >= 11 is 0. The number of unbranched alkanes of at least 4 members (excludes halogenated alkanes) is 7. The lowest BCUT2D eigenvalue weighted by atomic mass is 9.54. The van der Waals surface area contributed by atoms with Crippen LogP contribution in [0.1, 0.15) is 90.9 Å². The van der Waals surface area contributed by atoms with Gasteiger partial charge < -0.3 is 10.2 Å². The first-order chi connectivity index (χ1) is 11.5. The molecule has 0 aromatic rings. The number of hydrogen-bond acceptors (Lipinski definition) is 2. The molecule has 0 aromatic heterocycles. The predicted octanol–water partition coefficient (Wildman–Crippen LogP) is 5.42. The summed E-state index contributed by atoms with van der Waals surface area (Å²) in [5, 5.41) is 19.7. The van der Waals surface area contributed by atoms with Gasteiger partial charge in [-0.3, -0.25) is 9.59 Å². The monoisotopic (exact) mass is 338 g/mol. The van der Waals surface area contributed by atoms with Gasteiger partial charge in [0.15, 0.2) is 0 Å². The van der Waals surface area contributed by atoms with Crippen molar-refractivity contribution in [2.75, 3.05) is 0 Å². The SMILES string of the molecule is CCCCCCCCCCC1(C(=O)O)CC=CCC1(CC)C(=O)O. The molecule has 0 spiro atoms. The molecule has 4 heteroatoms. The summed E-state index contributed by atoms with van der Waals surface area (Å²) in [6, 6.07) is 0. The van der Waals surface area contributed by atoms with Crippen LogP contribution in [0.15, 0.2) is 12.2 Å². The predicted molar refractivity (Wildman–Crippen MR) is 96.0 cm³/mol. The Kier molecular flexibility index (Phi) is 8.51. The average Bonchev–Trinajstić information content (AvgIpc) is 2.57. The molecule has 0 heterocycles. The van der Waals surface area contributed by atoms with E-state index in [0.717, 1.165) is 19.3 Å². The Balaban J connectivity index is 2.66. The Labute approximate surface area is 146 Å². The third-order valence-corrected chi connectivity index (χ3v) is 5.89. The normalized spacial score (nSPS) is 26.4. The van der Waals surface area contributed by atoms with Crippen LogP contribution < -0.4 is 0 Å². The third-order valence-electron chi connectivity index (χ3n) is 5.89. The second kappa shape index (κ2) is 9.85. The maximum absolute atomic E-state index is 12.1. The summed E-state index contributed by atoms with van der Waals surface area (Å²) in [6.07, 6.45) is 14.3. The Morgan fingerprint density at radius 2 is 1.25 bits per heavy atom. The summed E-state index contributed by atoms with van der Waals surface area (Å²) < 4.78 is 0. The molecule has 1 rings (SSSR count). The summed E-state index contributed by atoms with van der Waals surface area (Å²) in [5.74, 6) is -1.91. The van der Waals surface area contributed by atoms with Crippen molar-refractivity contribution in [1.29, 1.82) is 0 Å². The van der Waals surface area contributed by atoms with E-state index >= 15 is 0 Å². The molecule has 2 atom stereocenters. The molecule has 0 fully saturated rings. The Hall–Kier alpha value is -1.32. The largest absolute Gasteiger partial charge is 0.481 e. The standard InChI is InChI=1S/C20H34O4/c1-3-5-6-7-8-9-10-11-15-20(18(23)24)16-13-12-14-19(20,4-2)17(21)22/h12-13H,3-11,14-16H2,1-2H3,(H,21,22)(H,23,24). The molecule has 138 valence electrons. The number of carboxylic acid groups (broad SMARTS) is 2.